The summed E-state index contributed by atoms with van der Waals surface area (Å²) in [6, 6.07) is 4.82. The van der Waals surface area contributed by atoms with Gasteiger partial charge in [-0.15, -0.1) is 0 Å². The van der Waals surface area contributed by atoms with Crippen molar-refractivity contribution in [3.05, 3.63) is 33.9 Å². The monoisotopic (exact) mass is 296 g/mol. The highest BCUT2D eigenvalue weighted by atomic mass is 16.6. The topological polar surface area (TPSA) is 84.6 Å². The van der Waals surface area contributed by atoms with Gasteiger partial charge < -0.3 is 15.2 Å². The Bertz CT molecular complexity index is 475. The Labute approximate surface area is 125 Å². The van der Waals surface area contributed by atoms with Crippen LogP contribution in [-0.2, 0) is 6.54 Å². The lowest BCUT2D eigenvalue weighted by Crippen LogP contribution is -2.31. The van der Waals surface area contributed by atoms with Crippen molar-refractivity contribution in [1.29, 1.82) is 0 Å². The molecule has 0 aliphatic heterocycles. The van der Waals surface area contributed by atoms with E-state index in [2.05, 4.69) is 12.2 Å². The molecule has 6 heteroatoms. The highest BCUT2D eigenvalue weighted by Gasteiger charge is 2.22. The van der Waals surface area contributed by atoms with Gasteiger partial charge in [-0.05, 0) is 37.9 Å². The molecule has 0 heterocycles. The average molecular weight is 296 g/mol. The Morgan fingerprint density at radius 2 is 2.14 bits per heavy atom. The summed E-state index contributed by atoms with van der Waals surface area (Å²) in [6.07, 6.45) is 1.54. The van der Waals surface area contributed by atoms with Crippen LogP contribution in [0.15, 0.2) is 18.2 Å². The van der Waals surface area contributed by atoms with E-state index >= 15 is 0 Å². The van der Waals surface area contributed by atoms with Crippen molar-refractivity contribution in [2.24, 2.45) is 0 Å². The van der Waals surface area contributed by atoms with E-state index in [1.807, 2.05) is 6.92 Å². The molecule has 0 spiro atoms. The van der Waals surface area contributed by atoms with Crippen molar-refractivity contribution >= 4 is 5.69 Å². The standard InChI is InChI=1S/C15H24N2O4/c1-4-8-16-10-12-6-7-13(17(19)20)14(9-12)21-11-15(3,18)5-2/h6-7,9,16,18H,4-5,8,10-11H2,1-3H3. The number of hydrogen-bond acceptors (Lipinski definition) is 5. The molecular weight excluding hydrogens is 272 g/mol. The van der Waals surface area contributed by atoms with Gasteiger partial charge in [0.05, 0.1) is 10.5 Å². The van der Waals surface area contributed by atoms with Crippen molar-refractivity contribution in [3.8, 4) is 5.75 Å². The van der Waals surface area contributed by atoms with E-state index in [1.165, 1.54) is 6.07 Å². The zero-order chi connectivity index (χ0) is 15.9. The van der Waals surface area contributed by atoms with E-state index in [-0.39, 0.29) is 18.0 Å². The minimum absolute atomic E-state index is 0.0240. The minimum atomic E-state index is -0.996. The molecule has 1 aromatic carbocycles. The number of nitrogens with one attached hydrogen (secondary N) is 1. The number of aliphatic hydroxyl groups is 1. The van der Waals surface area contributed by atoms with Crippen LogP contribution in [0.4, 0.5) is 5.69 Å². The van der Waals surface area contributed by atoms with Gasteiger partial charge in [-0.3, -0.25) is 10.1 Å². The predicted molar refractivity (Wildman–Crippen MR) is 81.5 cm³/mol. The van der Waals surface area contributed by atoms with E-state index in [0.29, 0.717) is 13.0 Å². The van der Waals surface area contributed by atoms with Gasteiger partial charge in [0.2, 0.25) is 0 Å². The van der Waals surface area contributed by atoms with Crippen molar-refractivity contribution in [2.75, 3.05) is 13.2 Å². The fourth-order valence-corrected chi connectivity index (χ4v) is 1.68. The van der Waals surface area contributed by atoms with Crippen molar-refractivity contribution in [3.63, 3.8) is 0 Å². The zero-order valence-electron chi connectivity index (χ0n) is 12.9. The van der Waals surface area contributed by atoms with E-state index in [9.17, 15) is 15.2 Å². The van der Waals surface area contributed by atoms with Gasteiger partial charge in [0, 0.05) is 12.6 Å². The fourth-order valence-electron chi connectivity index (χ4n) is 1.68. The maximum Gasteiger partial charge on any atom is 0.310 e. The van der Waals surface area contributed by atoms with Crippen LogP contribution in [0.3, 0.4) is 0 Å². The van der Waals surface area contributed by atoms with Crippen LogP contribution in [0.5, 0.6) is 5.75 Å². The third-order valence-electron chi connectivity index (χ3n) is 3.28. The van der Waals surface area contributed by atoms with Crippen LogP contribution in [0, 0.1) is 10.1 Å². The molecule has 0 amide bonds. The summed E-state index contributed by atoms with van der Waals surface area (Å²) in [4.78, 5) is 10.6. The van der Waals surface area contributed by atoms with Gasteiger partial charge >= 0.3 is 5.69 Å². The highest BCUT2D eigenvalue weighted by molar-refractivity contribution is 5.48. The molecule has 0 aliphatic carbocycles. The Kier molecular flexibility index (Phi) is 6.58. The molecule has 0 saturated carbocycles. The van der Waals surface area contributed by atoms with Crippen molar-refractivity contribution < 1.29 is 14.8 Å². The van der Waals surface area contributed by atoms with E-state index in [0.717, 1.165) is 18.5 Å². The first-order valence-electron chi connectivity index (χ1n) is 7.23. The molecule has 1 rings (SSSR count). The normalized spacial score (nSPS) is 13.7. The van der Waals surface area contributed by atoms with Crippen LogP contribution in [0.2, 0.25) is 0 Å². The Morgan fingerprint density at radius 3 is 2.71 bits per heavy atom. The maximum atomic E-state index is 11.0. The van der Waals surface area contributed by atoms with Gasteiger partial charge in [0.1, 0.15) is 6.61 Å². The summed E-state index contributed by atoms with van der Waals surface area (Å²) in [5, 5.41) is 24.2. The zero-order valence-corrected chi connectivity index (χ0v) is 12.9. The van der Waals surface area contributed by atoms with Crippen molar-refractivity contribution in [1.82, 2.24) is 5.32 Å². The summed E-state index contributed by atoms with van der Waals surface area (Å²) >= 11 is 0. The molecule has 6 nitrogen and oxygen atoms in total. The first kappa shape index (κ1) is 17.4. The van der Waals surface area contributed by atoms with Crippen LogP contribution < -0.4 is 10.1 Å². The van der Waals surface area contributed by atoms with Gasteiger partial charge in [-0.25, -0.2) is 0 Å². The molecule has 2 N–H and O–H groups in total. The van der Waals surface area contributed by atoms with Crippen LogP contribution >= 0.6 is 0 Å². The number of nitrogens with zero attached hydrogens (tertiary/aromatic N) is 1. The van der Waals surface area contributed by atoms with Gasteiger partial charge in [0.25, 0.3) is 0 Å². The average Bonchev–Trinajstić information content (AvgIpc) is 2.45. The number of hydrogen-bond donors (Lipinski definition) is 2. The SMILES string of the molecule is CCCNCc1ccc([N+](=O)[O-])c(OCC(C)(O)CC)c1. The van der Waals surface area contributed by atoms with Gasteiger partial charge in [-0.1, -0.05) is 19.9 Å². The number of nitro groups is 1. The van der Waals surface area contributed by atoms with E-state index in [1.54, 1.807) is 19.1 Å². The second-order valence-electron chi connectivity index (χ2n) is 5.38. The second kappa shape index (κ2) is 7.95. The molecule has 0 bridgehead atoms. The molecule has 0 radical (unpaired) electrons. The third-order valence-corrected chi connectivity index (χ3v) is 3.28. The number of nitro benzene ring substituents is 1. The first-order chi connectivity index (χ1) is 9.89. The van der Waals surface area contributed by atoms with Crippen molar-refractivity contribution in [2.45, 2.75) is 45.8 Å². The van der Waals surface area contributed by atoms with Crippen LogP contribution in [0.25, 0.3) is 0 Å². The molecule has 0 aromatic heterocycles. The molecule has 21 heavy (non-hydrogen) atoms. The summed E-state index contributed by atoms with van der Waals surface area (Å²) in [7, 11) is 0. The Balaban J connectivity index is 2.86. The molecule has 118 valence electrons. The predicted octanol–water partition coefficient (Wildman–Crippen LogP) is 2.63. The second-order valence-corrected chi connectivity index (χ2v) is 5.38. The van der Waals surface area contributed by atoms with Gasteiger partial charge in [0.15, 0.2) is 5.75 Å². The van der Waals surface area contributed by atoms with E-state index in [4.69, 9.17) is 4.74 Å². The van der Waals surface area contributed by atoms with Crippen LogP contribution in [0.1, 0.15) is 39.2 Å². The highest BCUT2D eigenvalue weighted by Crippen LogP contribution is 2.29. The summed E-state index contributed by atoms with van der Waals surface area (Å²) < 4.78 is 5.48. The fraction of sp³-hybridized carbons (Fsp3) is 0.600. The first-order valence-corrected chi connectivity index (χ1v) is 7.23. The molecule has 0 aliphatic rings. The van der Waals surface area contributed by atoms with Gasteiger partial charge in [-0.2, -0.15) is 0 Å². The van der Waals surface area contributed by atoms with Crippen LogP contribution in [-0.4, -0.2) is 28.8 Å². The summed E-state index contributed by atoms with van der Waals surface area (Å²) in [5.41, 5.74) is -0.161. The summed E-state index contributed by atoms with van der Waals surface area (Å²) in [6.45, 7) is 7.10. The molecular formula is C15H24N2O4. The summed E-state index contributed by atoms with van der Waals surface area (Å²) in [5.74, 6) is 0.199. The smallest absolute Gasteiger partial charge is 0.310 e. The lowest BCUT2D eigenvalue weighted by atomic mass is 10.1. The lowest BCUT2D eigenvalue weighted by Gasteiger charge is -2.21. The number of rotatable bonds is 9. The largest absolute Gasteiger partial charge is 0.484 e. The molecule has 0 fully saturated rings. The Hall–Kier alpha value is -1.66. The van der Waals surface area contributed by atoms with E-state index < -0.39 is 10.5 Å². The molecule has 1 aromatic rings. The molecule has 1 atom stereocenters. The third kappa shape index (κ3) is 5.69. The maximum absolute atomic E-state index is 11.0. The Morgan fingerprint density at radius 1 is 1.43 bits per heavy atom. The number of benzene rings is 1. The molecule has 0 saturated heterocycles. The molecule has 1 unspecified atom stereocenters. The number of ether oxygens (including phenoxy) is 1. The quantitative estimate of drug-likeness (QED) is 0.416. The lowest BCUT2D eigenvalue weighted by molar-refractivity contribution is -0.386. The minimum Gasteiger partial charge on any atom is -0.484 e.